The molecule has 3 N–H and O–H groups in total. The van der Waals surface area contributed by atoms with Crippen LogP contribution in [0.1, 0.15) is 6.92 Å². The Labute approximate surface area is 105 Å². The van der Waals surface area contributed by atoms with E-state index in [1.165, 1.54) is 19.1 Å². The molecule has 0 aliphatic carbocycles. The highest BCUT2D eigenvalue weighted by atomic mass is 35.5. The zero-order chi connectivity index (χ0) is 13.2. The van der Waals surface area contributed by atoms with Gasteiger partial charge in [0, 0.05) is 11.9 Å². The molecule has 0 aliphatic heterocycles. The van der Waals surface area contributed by atoms with Crippen molar-refractivity contribution in [2.45, 2.75) is 12.2 Å². The number of amides is 1. The molecule has 0 aliphatic rings. The van der Waals surface area contributed by atoms with Crippen molar-refractivity contribution < 1.29 is 13.2 Å². The predicted molar refractivity (Wildman–Crippen MR) is 68.8 cm³/mol. The third-order valence-electron chi connectivity index (χ3n) is 2.26. The van der Waals surface area contributed by atoms with Gasteiger partial charge in [0.2, 0.25) is 5.91 Å². The Morgan fingerprint density at radius 1 is 1.47 bits per heavy atom. The van der Waals surface area contributed by atoms with Crippen LogP contribution in [0.4, 0.5) is 11.4 Å². The molecule has 17 heavy (non-hydrogen) atoms. The van der Waals surface area contributed by atoms with Crippen molar-refractivity contribution in [2.24, 2.45) is 0 Å². The van der Waals surface area contributed by atoms with E-state index in [2.05, 4.69) is 5.32 Å². The van der Waals surface area contributed by atoms with Gasteiger partial charge in [-0.3, -0.25) is 4.79 Å². The van der Waals surface area contributed by atoms with Crippen molar-refractivity contribution in [1.82, 2.24) is 0 Å². The second kappa shape index (κ2) is 4.93. The fourth-order valence-corrected chi connectivity index (χ4v) is 1.68. The number of rotatable bonds is 3. The first-order valence-electron chi connectivity index (χ1n) is 4.76. The summed E-state index contributed by atoms with van der Waals surface area (Å²) in [5, 5.41) is 1.59. The van der Waals surface area contributed by atoms with Crippen molar-refractivity contribution >= 4 is 38.7 Å². The average Bonchev–Trinajstić information content (AvgIpc) is 2.21. The Balaban J connectivity index is 2.92. The van der Waals surface area contributed by atoms with Crippen molar-refractivity contribution in [2.75, 3.05) is 17.3 Å². The summed E-state index contributed by atoms with van der Waals surface area (Å²) in [6.45, 7) is 1.31. The number of benzene rings is 1. The van der Waals surface area contributed by atoms with Gasteiger partial charge in [-0.2, -0.15) is 0 Å². The van der Waals surface area contributed by atoms with E-state index in [1.807, 2.05) is 0 Å². The normalized spacial score (nSPS) is 13.1. The minimum absolute atomic E-state index is 0.298. The van der Waals surface area contributed by atoms with Crippen LogP contribution in [-0.4, -0.2) is 25.8 Å². The van der Waals surface area contributed by atoms with Crippen LogP contribution >= 0.6 is 11.6 Å². The summed E-state index contributed by atoms with van der Waals surface area (Å²) in [5.74, 6) is -0.639. The summed E-state index contributed by atoms with van der Waals surface area (Å²) in [4.78, 5) is 11.6. The molecule has 1 unspecified atom stereocenters. The summed E-state index contributed by atoms with van der Waals surface area (Å²) in [7, 11) is -3.43. The van der Waals surface area contributed by atoms with Crippen molar-refractivity contribution in [3.8, 4) is 0 Å². The van der Waals surface area contributed by atoms with Gasteiger partial charge in [0.25, 0.3) is 0 Å². The van der Waals surface area contributed by atoms with Crippen LogP contribution in [0.25, 0.3) is 0 Å². The predicted octanol–water partition coefficient (Wildman–Crippen LogP) is 1.29. The molecule has 0 saturated heterocycles. The lowest BCUT2D eigenvalue weighted by molar-refractivity contribution is -0.115. The molecule has 0 fully saturated rings. The maximum Gasteiger partial charge on any atom is 0.242 e. The molecule has 1 aromatic carbocycles. The van der Waals surface area contributed by atoms with E-state index in [4.69, 9.17) is 17.3 Å². The summed E-state index contributed by atoms with van der Waals surface area (Å²) < 4.78 is 22.4. The van der Waals surface area contributed by atoms with Gasteiger partial charge in [-0.1, -0.05) is 11.6 Å². The zero-order valence-electron chi connectivity index (χ0n) is 9.40. The van der Waals surface area contributed by atoms with Gasteiger partial charge in [-0.05, 0) is 25.1 Å². The molecule has 1 amide bonds. The number of nitrogens with one attached hydrogen (secondary N) is 1. The quantitative estimate of drug-likeness (QED) is 0.814. The van der Waals surface area contributed by atoms with Gasteiger partial charge in [-0.15, -0.1) is 0 Å². The number of nitrogen functional groups attached to an aromatic ring is 1. The van der Waals surface area contributed by atoms with E-state index < -0.39 is 21.0 Å². The number of carbonyl (C=O) groups is 1. The first-order valence-corrected chi connectivity index (χ1v) is 7.10. The van der Waals surface area contributed by atoms with Crippen molar-refractivity contribution in [1.29, 1.82) is 0 Å². The van der Waals surface area contributed by atoms with Gasteiger partial charge < -0.3 is 11.1 Å². The number of halogens is 1. The monoisotopic (exact) mass is 276 g/mol. The summed E-state index contributed by atoms with van der Waals surface area (Å²) in [6, 6.07) is 4.57. The number of anilines is 2. The molecule has 5 nitrogen and oxygen atoms in total. The summed E-state index contributed by atoms with van der Waals surface area (Å²) >= 11 is 5.84. The Morgan fingerprint density at radius 3 is 2.59 bits per heavy atom. The van der Waals surface area contributed by atoms with E-state index in [1.54, 1.807) is 6.07 Å². The highest BCUT2D eigenvalue weighted by molar-refractivity contribution is 7.92. The molecule has 0 bridgehead atoms. The van der Waals surface area contributed by atoms with E-state index in [0.29, 0.717) is 16.4 Å². The van der Waals surface area contributed by atoms with Gasteiger partial charge in [0.1, 0.15) is 5.25 Å². The lowest BCUT2D eigenvalue weighted by Gasteiger charge is -2.12. The number of hydrogen-bond acceptors (Lipinski definition) is 4. The SMILES string of the molecule is CC(C(=O)Nc1cc(N)ccc1Cl)S(C)(=O)=O. The van der Waals surface area contributed by atoms with E-state index in [0.717, 1.165) is 6.26 Å². The van der Waals surface area contributed by atoms with Crippen LogP contribution in [-0.2, 0) is 14.6 Å². The highest BCUT2D eigenvalue weighted by Gasteiger charge is 2.23. The van der Waals surface area contributed by atoms with Crippen molar-refractivity contribution in [3.63, 3.8) is 0 Å². The number of nitrogens with two attached hydrogens (primary N) is 1. The Morgan fingerprint density at radius 2 is 2.06 bits per heavy atom. The maximum absolute atomic E-state index is 11.6. The van der Waals surface area contributed by atoms with Gasteiger partial charge in [-0.25, -0.2) is 8.42 Å². The molecule has 1 atom stereocenters. The molecule has 0 radical (unpaired) electrons. The van der Waals surface area contributed by atoms with Gasteiger partial charge in [0.05, 0.1) is 10.7 Å². The fourth-order valence-electron chi connectivity index (χ4n) is 1.07. The lowest BCUT2D eigenvalue weighted by Crippen LogP contribution is -2.31. The van der Waals surface area contributed by atoms with Crippen LogP contribution < -0.4 is 11.1 Å². The molecule has 0 spiro atoms. The van der Waals surface area contributed by atoms with Gasteiger partial charge >= 0.3 is 0 Å². The largest absolute Gasteiger partial charge is 0.399 e. The van der Waals surface area contributed by atoms with E-state index in [-0.39, 0.29) is 0 Å². The number of hydrogen-bond donors (Lipinski definition) is 2. The highest BCUT2D eigenvalue weighted by Crippen LogP contribution is 2.24. The Bertz CT molecular complexity index is 542. The molecular formula is C10H13ClN2O3S. The molecule has 1 rings (SSSR count). The van der Waals surface area contributed by atoms with Crippen LogP contribution in [0.3, 0.4) is 0 Å². The first kappa shape index (κ1) is 13.8. The average molecular weight is 277 g/mol. The van der Waals surface area contributed by atoms with Crippen molar-refractivity contribution in [3.05, 3.63) is 23.2 Å². The van der Waals surface area contributed by atoms with Crippen LogP contribution in [0.15, 0.2) is 18.2 Å². The minimum Gasteiger partial charge on any atom is -0.399 e. The topological polar surface area (TPSA) is 89.3 Å². The Hall–Kier alpha value is -1.27. The number of carbonyl (C=O) groups excluding carboxylic acids is 1. The molecule has 0 aromatic heterocycles. The van der Waals surface area contributed by atoms with Crippen LogP contribution in [0.2, 0.25) is 5.02 Å². The second-order valence-electron chi connectivity index (χ2n) is 3.70. The third kappa shape index (κ3) is 3.61. The van der Waals surface area contributed by atoms with E-state index >= 15 is 0 Å². The zero-order valence-corrected chi connectivity index (χ0v) is 11.0. The number of sulfone groups is 1. The molecule has 0 saturated carbocycles. The Kier molecular flexibility index (Phi) is 4.00. The molecule has 94 valence electrons. The molecule has 0 heterocycles. The van der Waals surface area contributed by atoms with Gasteiger partial charge in [0.15, 0.2) is 9.84 Å². The van der Waals surface area contributed by atoms with Crippen LogP contribution in [0.5, 0.6) is 0 Å². The summed E-state index contributed by atoms with van der Waals surface area (Å²) in [5.41, 5.74) is 6.26. The molecule has 7 heteroatoms. The third-order valence-corrected chi connectivity index (χ3v) is 4.09. The standard InChI is InChI=1S/C10H13ClN2O3S/c1-6(17(2,15)16)10(14)13-9-5-7(12)3-4-8(9)11/h3-6H,12H2,1-2H3,(H,13,14). The molecular weight excluding hydrogens is 264 g/mol. The smallest absolute Gasteiger partial charge is 0.242 e. The minimum atomic E-state index is -3.43. The molecule has 1 aromatic rings. The lowest BCUT2D eigenvalue weighted by atomic mass is 10.2. The summed E-state index contributed by atoms with van der Waals surface area (Å²) in [6.07, 6.45) is 0.998. The van der Waals surface area contributed by atoms with Crippen LogP contribution in [0, 0.1) is 0 Å². The maximum atomic E-state index is 11.6. The second-order valence-corrected chi connectivity index (χ2v) is 6.47. The van der Waals surface area contributed by atoms with E-state index in [9.17, 15) is 13.2 Å². The fraction of sp³-hybridized carbons (Fsp3) is 0.300. The first-order chi connectivity index (χ1) is 7.71.